The highest BCUT2D eigenvalue weighted by Crippen LogP contribution is 2.11. The summed E-state index contributed by atoms with van der Waals surface area (Å²) in [4.78, 5) is 23.2. The quantitative estimate of drug-likeness (QED) is 0.885. The summed E-state index contributed by atoms with van der Waals surface area (Å²) in [6.07, 6.45) is 3.63. The van der Waals surface area contributed by atoms with Gasteiger partial charge in [-0.25, -0.2) is 9.48 Å². The van der Waals surface area contributed by atoms with Crippen molar-refractivity contribution in [3.8, 4) is 5.69 Å². The molecule has 0 aliphatic carbocycles. The predicted molar refractivity (Wildman–Crippen MR) is 82.0 cm³/mol. The normalized spacial score (nSPS) is 12.2. The van der Waals surface area contributed by atoms with Gasteiger partial charge >= 0.3 is 5.97 Å². The fourth-order valence-corrected chi connectivity index (χ4v) is 2.06. The second-order valence-corrected chi connectivity index (χ2v) is 5.54. The highest BCUT2D eigenvalue weighted by molar-refractivity contribution is 5.96. The van der Waals surface area contributed by atoms with Crippen molar-refractivity contribution in [1.29, 1.82) is 0 Å². The topological polar surface area (TPSA) is 84.2 Å². The molecule has 0 saturated heterocycles. The maximum atomic E-state index is 12.1. The molecule has 0 fully saturated rings. The van der Waals surface area contributed by atoms with Gasteiger partial charge in [0.05, 0.1) is 11.9 Å². The Morgan fingerprint density at radius 2 is 1.86 bits per heavy atom. The number of hydrogen-bond acceptors (Lipinski definition) is 3. The lowest BCUT2D eigenvalue weighted by atomic mass is 10.0. The van der Waals surface area contributed by atoms with Crippen molar-refractivity contribution in [3.05, 3.63) is 47.8 Å². The van der Waals surface area contributed by atoms with E-state index in [1.807, 2.05) is 13.1 Å². The van der Waals surface area contributed by atoms with E-state index in [0.29, 0.717) is 5.56 Å². The number of nitrogens with one attached hydrogen (secondary N) is 1. The summed E-state index contributed by atoms with van der Waals surface area (Å²) < 4.78 is 1.71. The number of carboxylic acids is 1. The van der Waals surface area contributed by atoms with Gasteiger partial charge in [0.2, 0.25) is 0 Å². The van der Waals surface area contributed by atoms with Crippen LogP contribution in [0.3, 0.4) is 0 Å². The summed E-state index contributed by atoms with van der Waals surface area (Å²) in [5.41, 5.74) is 2.30. The Morgan fingerprint density at radius 1 is 1.23 bits per heavy atom. The molecule has 1 atom stereocenters. The van der Waals surface area contributed by atoms with Crippen LogP contribution in [-0.2, 0) is 4.79 Å². The van der Waals surface area contributed by atoms with Crippen molar-refractivity contribution >= 4 is 11.9 Å². The fraction of sp³-hybridized carbons (Fsp3) is 0.312. The van der Waals surface area contributed by atoms with E-state index in [2.05, 4.69) is 10.4 Å². The Kier molecular flexibility index (Phi) is 4.60. The van der Waals surface area contributed by atoms with Gasteiger partial charge < -0.3 is 10.4 Å². The van der Waals surface area contributed by atoms with E-state index in [1.165, 1.54) is 0 Å². The molecule has 0 saturated carbocycles. The van der Waals surface area contributed by atoms with Crippen molar-refractivity contribution in [1.82, 2.24) is 15.1 Å². The molecule has 0 unspecified atom stereocenters. The number of hydrogen-bond donors (Lipinski definition) is 2. The number of carbonyl (C=O) groups excluding carboxylic acids is 1. The molecular formula is C16H19N3O3. The standard InChI is InChI=1S/C16H19N3O3/c1-10(2)14(16(21)22)18-15(20)12-4-6-13(7-5-12)19-9-11(3)8-17-19/h4-10,14H,1-3H3,(H,18,20)(H,21,22)/t14-/m0/s1. The number of carbonyl (C=O) groups is 2. The van der Waals surface area contributed by atoms with Crippen LogP contribution in [0.2, 0.25) is 0 Å². The number of nitrogens with zero attached hydrogens (tertiary/aromatic N) is 2. The first-order valence-electron chi connectivity index (χ1n) is 7.04. The maximum Gasteiger partial charge on any atom is 0.326 e. The first-order chi connectivity index (χ1) is 10.4. The number of amides is 1. The molecule has 0 bridgehead atoms. The molecule has 1 heterocycles. The zero-order valence-electron chi connectivity index (χ0n) is 12.8. The molecule has 0 aliphatic heterocycles. The minimum atomic E-state index is -1.04. The van der Waals surface area contributed by atoms with E-state index >= 15 is 0 Å². The minimum Gasteiger partial charge on any atom is -0.480 e. The molecule has 0 aliphatic rings. The second-order valence-electron chi connectivity index (χ2n) is 5.54. The van der Waals surface area contributed by atoms with Gasteiger partial charge in [0.1, 0.15) is 6.04 Å². The van der Waals surface area contributed by atoms with Crippen molar-refractivity contribution in [2.45, 2.75) is 26.8 Å². The third-order valence-electron chi connectivity index (χ3n) is 3.33. The average molecular weight is 301 g/mol. The maximum absolute atomic E-state index is 12.1. The van der Waals surface area contributed by atoms with E-state index in [4.69, 9.17) is 5.11 Å². The number of benzene rings is 1. The van der Waals surface area contributed by atoms with Gasteiger partial charge in [-0.15, -0.1) is 0 Å². The molecule has 6 nitrogen and oxygen atoms in total. The van der Waals surface area contributed by atoms with Gasteiger partial charge in [0.15, 0.2) is 0 Å². The zero-order valence-corrected chi connectivity index (χ0v) is 12.8. The summed E-state index contributed by atoms with van der Waals surface area (Å²) >= 11 is 0. The van der Waals surface area contributed by atoms with Crippen LogP contribution in [0.1, 0.15) is 29.8 Å². The first kappa shape index (κ1) is 15.8. The Balaban J connectivity index is 2.13. The highest BCUT2D eigenvalue weighted by atomic mass is 16.4. The summed E-state index contributed by atoms with van der Waals surface area (Å²) in [5, 5.41) is 15.8. The SMILES string of the molecule is Cc1cnn(-c2ccc(C(=O)N[C@H](C(=O)O)C(C)C)cc2)c1. The van der Waals surface area contributed by atoms with Gasteiger partial charge in [-0.05, 0) is 42.7 Å². The van der Waals surface area contributed by atoms with Crippen molar-refractivity contribution in [2.24, 2.45) is 5.92 Å². The van der Waals surface area contributed by atoms with Crippen LogP contribution in [0.5, 0.6) is 0 Å². The molecule has 22 heavy (non-hydrogen) atoms. The molecule has 6 heteroatoms. The number of aromatic nitrogens is 2. The van der Waals surface area contributed by atoms with Crippen LogP contribution in [0.25, 0.3) is 5.69 Å². The van der Waals surface area contributed by atoms with Gasteiger partial charge in [-0.1, -0.05) is 13.8 Å². The molecule has 0 radical (unpaired) electrons. The van der Waals surface area contributed by atoms with E-state index < -0.39 is 17.9 Å². The molecule has 1 amide bonds. The smallest absolute Gasteiger partial charge is 0.326 e. The number of rotatable bonds is 5. The minimum absolute atomic E-state index is 0.187. The summed E-state index contributed by atoms with van der Waals surface area (Å²) in [7, 11) is 0. The Morgan fingerprint density at radius 3 is 2.32 bits per heavy atom. The second kappa shape index (κ2) is 6.43. The van der Waals surface area contributed by atoms with Crippen LogP contribution in [0.4, 0.5) is 0 Å². The zero-order chi connectivity index (χ0) is 16.3. The average Bonchev–Trinajstić information content (AvgIpc) is 2.90. The third kappa shape index (κ3) is 3.52. The highest BCUT2D eigenvalue weighted by Gasteiger charge is 2.23. The Labute approximate surface area is 128 Å². The molecule has 0 spiro atoms. The largest absolute Gasteiger partial charge is 0.480 e. The van der Waals surface area contributed by atoms with Crippen LogP contribution in [0, 0.1) is 12.8 Å². The van der Waals surface area contributed by atoms with Crippen molar-refractivity contribution in [3.63, 3.8) is 0 Å². The van der Waals surface area contributed by atoms with Gasteiger partial charge in [-0.3, -0.25) is 4.79 Å². The Bertz CT molecular complexity index is 674. The van der Waals surface area contributed by atoms with Gasteiger partial charge in [0, 0.05) is 11.8 Å². The monoisotopic (exact) mass is 301 g/mol. The van der Waals surface area contributed by atoms with Crippen LogP contribution in [0.15, 0.2) is 36.7 Å². The van der Waals surface area contributed by atoms with E-state index in [1.54, 1.807) is 49.0 Å². The molecular weight excluding hydrogens is 282 g/mol. The molecule has 116 valence electrons. The number of aliphatic carboxylic acids is 1. The van der Waals surface area contributed by atoms with Crippen molar-refractivity contribution in [2.75, 3.05) is 0 Å². The van der Waals surface area contributed by atoms with E-state index in [-0.39, 0.29) is 5.92 Å². The summed E-state index contributed by atoms with van der Waals surface area (Å²) in [6.45, 7) is 5.45. The number of aryl methyl sites for hydroxylation is 1. The van der Waals surface area contributed by atoms with Crippen LogP contribution in [-0.4, -0.2) is 32.8 Å². The lowest BCUT2D eigenvalue weighted by Gasteiger charge is -2.17. The van der Waals surface area contributed by atoms with Crippen LogP contribution >= 0.6 is 0 Å². The number of carboxylic acid groups (broad SMARTS) is 1. The molecule has 1 aromatic carbocycles. The lowest BCUT2D eigenvalue weighted by molar-refractivity contribution is -0.140. The molecule has 2 aromatic rings. The van der Waals surface area contributed by atoms with E-state index in [9.17, 15) is 9.59 Å². The van der Waals surface area contributed by atoms with Crippen LogP contribution < -0.4 is 5.32 Å². The molecule has 1 aromatic heterocycles. The lowest BCUT2D eigenvalue weighted by Crippen LogP contribution is -2.44. The Hall–Kier alpha value is -2.63. The van der Waals surface area contributed by atoms with Gasteiger partial charge in [-0.2, -0.15) is 5.10 Å². The van der Waals surface area contributed by atoms with Crippen molar-refractivity contribution < 1.29 is 14.7 Å². The van der Waals surface area contributed by atoms with E-state index in [0.717, 1.165) is 11.3 Å². The van der Waals surface area contributed by atoms with Gasteiger partial charge in [0.25, 0.3) is 5.91 Å². The first-order valence-corrected chi connectivity index (χ1v) is 7.04. The summed E-state index contributed by atoms with van der Waals surface area (Å²) in [6, 6.07) is 5.95. The summed E-state index contributed by atoms with van der Waals surface area (Å²) in [5.74, 6) is -1.62. The molecule has 2 N–H and O–H groups in total. The predicted octanol–water partition coefficient (Wildman–Crippen LogP) is 2.02. The molecule has 2 rings (SSSR count). The fourth-order valence-electron chi connectivity index (χ4n) is 2.06. The third-order valence-corrected chi connectivity index (χ3v) is 3.33.